The van der Waals surface area contributed by atoms with Crippen molar-refractivity contribution in [3.63, 3.8) is 0 Å². The van der Waals surface area contributed by atoms with Crippen LogP contribution >= 0.6 is 0 Å². The first-order chi connectivity index (χ1) is 10.2. The van der Waals surface area contributed by atoms with E-state index in [1.807, 2.05) is 13.0 Å². The highest BCUT2D eigenvalue weighted by molar-refractivity contribution is 5.95. The number of hydrogen-bond acceptors (Lipinski definition) is 3. The molecule has 1 heterocycles. The fourth-order valence-corrected chi connectivity index (χ4v) is 2.81. The topological polar surface area (TPSA) is 35.5 Å². The van der Waals surface area contributed by atoms with E-state index in [2.05, 4.69) is 26.0 Å². The number of ether oxygens (including phenoxy) is 2. The van der Waals surface area contributed by atoms with Gasteiger partial charge in [0.1, 0.15) is 17.9 Å². The Balaban J connectivity index is 2.61. The molecule has 21 heavy (non-hydrogen) atoms. The number of fused-ring (bicyclic) bond motifs is 1. The summed E-state index contributed by atoms with van der Waals surface area (Å²) in [6, 6.07) is 2.15. The molecule has 0 fully saturated rings. The van der Waals surface area contributed by atoms with Gasteiger partial charge in [0, 0.05) is 0 Å². The maximum atomic E-state index is 12.4. The van der Waals surface area contributed by atoms with Crippen LogP contribution in [0.3, 0.4) is 0 Å². The molecule has 0 amide bonds. The van der Waals surface area contributed by atoms with Crippen molar-refractivity contribution in [2.45, 2.75) is 46.5 Å². The van der Waals surface area contributed by atoms with Crippen LogP contribution in [-0.2, 0) is 24.0 Å². The molecule has 0 spiro atoms. The molecule has 0 aliphatic carbocycles. The predicted octanol–water partition coefficient (Wildman–Crippen LogP) is 3.87. The van der Waals surface area contributed by atoms with Gasteiger partial charge >= 0.3 is 5.97 Å². The molecule has 1 aliphatic rings. The van der Waals surface area contributed by atoms with Gasteiger partial charge in [0.05, 0.1) is 6.61 Å². The van der Waals surface area contributed by atoms with Gasteiger partial charge in [-0.2, -0.15) is 0 Å². The predicted molar refractivity (Wildman–Crippen MR) is 84.1 cm³/mol. The average Bonchev–Trinajstić information content (AvgIpc) is 2.46. The summed E-state index contributed by atoms with van der Waals surface area (Å²) in [6.45, 7) is 6.93. The van der Waals surface area contributed by atoms with Crippen molar-refractivity contribution in [1.82, 2.24) is 0 Å². The molecule has 1 aromatic rings. The molecule has 0 N–H and O–H groups in total. The first kappa shape index (κ1) is 15.6. The highest BCUT2D eigenvalue weighted by Gasteiger charge is 2.24. The third-order valence-corrected chi connectivity index (χ3v) is 3.85. The second-order valence-electron chi connectivity index (χ2n) is 5.13. The van der Waals surface area contributed by atoms with Gasteiger partial charge in [-0.15, -0.1) is 0 Å². The van der Waals surface area contributed by atoms with Crippen molar-refractivity contribution >= 4 is 5.97 Å². The van der Waals surface area contributed by atoms with Crippen LogP contribution in [0.2, 0.25) is 0 Å². The van der Waals surface area contributed by atoms with Crippen molar-refractivity contribution in [3.8, 4) is 5.75 Å². The maximum Gasteiger partial charge on any atom is 0.342 e. The minimum absolute atomic E-state index is 0.266. The third kappa shape index (κ3) is 3.29. The van der Waals surface area contributed by atoms with Gasteiger partial charge in [0.15, 0.2) is 0 Å². The summed E-state index contributed by atoms with van der Waals surface area (Å²) >= 11 is 0. The van der Waals surface area contributed by atoms with E-state index in [1.54, 1.807) is 0 Å². The molecule has 0 atom stereocenters. The van der Waals surface area contributed by atoms with E-state index >= 15 is 0 Å². The van der Waals surface area contributed by atoms with E-state index in [1.165, 1.54) is 11.1 Å². The number of hydrogen-bond donors (Lipinski definition) is 0. The molecule has 0 saturated heterocycles. The zero-order valence-corrected chi connectivity index (χ0v) is 13.2. The van der Waals surface area contributed by atoms with Gasteiger partial charge in [0.2, 0.25) is 0 Å². The molecule has 2 rings (SSSR count). The first-order valence-corrected chi connectivity index (χ1v) is 7.85. The third-order valence-electron chi connectivity index (χ3n) is 3.85. The lowest BCUT2D eigenvalue weighted by Gasteiger charge is -2.21. The minimum atomic E-state index is -0.266. The molecular weight excluding hydrogens is 264 g/mol. The Bertz CT molecular complexity index is 544. The minimum Gasteiger partial charge on any atom is -0.488 e. The number of aryl methyl sites for hydroxylation is 2. The fraction of sp³-hybridized carbons (Fsp3) is 0.500. The average molecular weight is 288 g/mol. The molecule has 0 unspecified atom stereocenters. The summed E-state index contributed by atoms with van der Waals surface area (Å²) in [6.07, 6.45) is 7.80. The first-order valence-electron chi connectivity index (χ1n) is 7.85. The SMILES string of the molecule is CCOC(=O)c1c(CC)cc(CC)c2c1OC/C=C\CC2. The zero-order chi connectivity index (χ0) is 15.2. The van der Waals surface area contributed by atoms with Crippen molar-refractivity contribution in [1.29, 1.82) is 0 Å². The number of esters is 1. The highest BCUT2D eigenvalue weighted by atomic mass is 16.5. The van der Waals surface area contributed by atoms with E-state index in [9.17, 15) is 4.79 Å². The quantitative estimate of drug-likeness (QED) is 0.623. The number of allylic oxidation sites excluding steroid dienone is 1. The van der Waals surface area contributed by atoms with Crippen LogP contribution in [0.1, 0.15) is 54.2 Å². The Labute approximate surface area is 127 Å². The van der Waals surface area contributed by atoms with E-state index in [0.29, 0.717) is 18.8 Å². The number of carbonyl (C=O) groups is 1. The van der Waals surface area contributed by atoms with Gasteiger partial charge in [-0.3, -0.25) is 0 Å². The Morgan fingerprint density at radius 3 is 2.62 bits per heavy atom. The molecule has 0 aromatic heterocycles. The summed E-state index contributed by atoms with van der Waals surface area (Å²) in [5, 5.41) is 0. The second kappa shape index (κ2) is 7.30. The summed E-state index contributed by atoms with van der Waals surface area (Å²) in [4.78, 5) is 12.4. The Morgan fingerprint density at radius 1 is 1.19 bits per heavy atom. The molecule has 3 heteroatoms. The Morgan fingerprint density at radius 2 is 1.95 bits per heavy atom. The van der Waals surface area contributed by atoms with Crippen LogP contribution in [-0.4, -0.2) is 19.2 Å². The van der Waals surface area contributed by atoms with E-state index in [4.69, 9.17) is 9.47 Å². The molecule has 1 aromatic carbocycles. The Kier molecular flexibility index (Phi) is 5.43. The lowest BCUT2D eigenvalue weighted by Crippen LogP contribution is -2.15. The van der Waals surface area contributed by atoms with Gasteiger partial charge in [0.25, 0.3) is 0 Å². The smallest absolute Gasteiger partial charge is 0.342 e. The van der Waals surface area contributed by atoms with Gasteiger partial charge < -0.3 is 9.47 Å². The normalized spacial score (nSPS) is 15.4. The van der Waals surface area contributed by atoms with Gasteiger partial charge in [-0.05, 0) is 49.3 Å². The van der Waals surface area contributed by atoms with E-state index in [-0.39, 0.29) is 5.97 Å². The lowest BCUT2D eigenvalue weighted by molar-refractivity contribution is 0.0520. The number of rotatable bonds is 4. The molecular formula is C18H24O3. The lowest BCUT2D eigenvalue weighted by atomic mass is 9.91. The molecule has 3 nitrogen and oxygen atoms in total. The van der Waals surface area contributed by atoms with Crippen LogP contribution in [0.5, 0.6) is 5.75 Å². The van der Waals surface area contributed by atoms with Crippen molar-refractivity contribution in [2.24, 2.45) is 0 Å². The molecule has 0 radical (unpaired) electrons. The molecule has 0 saturated carbocycles. The van der Waals surface area contributed by atoms with Gasteiger partial charge in [-0.25, -0.2) is 4.79 Å². The highest BCUT2D eigenvalue weighted by Crippen LogP contribution is 2.34. The van der Waals surface area contributed by atoms with Crippen LogP contribution in [0.15, 0.2) is 18.2 Å². The summed E-state index contributed by atoms with van der Waals surface area (Å²) in [7, 11) is 0. The van der Waals surface area contributed by atoms with Crippen LogP contribution in [0.4, 0.5) is 0 Å². The van der Waals surface area contributed by atoms with Gasteiger partial charge in [-0.1, -0.05) is 32.1 Å². The summed E-state index contributed by atoms with van der Waals surface area (Å²) < 4.78 is 11.2. The Hall–Kier alpha value is -1.77. The fourth-order valence-electron chi connectivity index (χ4n) is 2.81. The summed E-state index contributed by atoms with van der Waals surface area (Å²) in [5.41, 5.74) is 4.10. The monoisotopic (exact) mass is 288 g/mol. The molecule has 1 aliphatic heterocycles. The molecule has 114 valence electrons. The number of benzene rings is 1. The van der Waals surface area contributed by atoms with E-state index < -0.39 is 0 Å². The van der Waals surface area contributed by atoms with E-state index in [0.717, 1.165) is 37.0 Å². The standard InChI is InChI=1S/C18H24O3/c1-4-13-12-14(5-2)16(18(19)20-6-3)17-15(13)10-8-7-9-11-21-17/h7,9,12H,4-6,8,10-11H2,1-3H3/b9-7-. The second-order valence-corrected chi connectivity index (χ2v) is 5.13. The van der Waals surface area contributed by atoms with Crippen LogP contribution in [0.25, 0.3) is 0 Å². The maximum absolute atomic E-state index is 12.4. The van der Waals surface area contributed by atoms with Crippen molar-refractivity contribution in [3.05, 3.63) is 40.5 Å². The van der Waals surface area contributed by atoms with Crippen molar-refractivity contribution in [2.75, 3.05) is 13.2 Å². The largest absolute Gasteiger partial charge is 0.488 e. The molecule has 0 bridgehead atoms. The van der Waals surface area contributed by atoms with Crippen LogP contribution < -0.4 is 4.74 Å². The zero-order valence-electron chi connectivity index (χ0n) is 13.2. The summed E-state index contributed by atoms with van der Waals surface area (Å²) in [5.74, 6) is 0.479. The number of carbonyl (C=O) groups excluding carboxylic acids is 1. The van der Waals surface area contributed by atoms with Crippen LogP contribution in [0, 0.1) is 0 Å². The van der Waals surface area contributed by atoms with Crippen molar-refractivity contribution < 1.29 is 14.3 Å².